The van der Waals surface area contributed by atoms with Gasteiger partial charge in [0.1, 0.15) is 0 Å². The van der Waals surface area contributed by atoms with Crippen LogP contribution >= 0.6 is 11.6 Å². The quantitative estimate of drug-likeness (QED) is 0.868. The highest BCUT2D eigenvalue weighted by Crippen LogP contribution is 2.27. The zero-order valence-electron chi connectivity index (χ0n) is 10.1. The van der Waals surface area contributed by atoms with Gasteiger partial charge in [-0.25, -0.2) is 0 Å². The summed E-state index contributed by atoms with van der Waals surface area (Å²) in [7, 11) is 0. The normalized spacial score (nSPS) is 17.4. The number of carbonyl (C=O) groups is 1. The van der Waals surface area contributed by atoms with Crippen molar-refractivity contribution in [1.82, 2.24) is 5.32 Å². The van der Waals surface area contributed by atoms with Gasteiger partial charge in [0.15, 0.2) is 0 Å². The van der Waals surface area contributed by atoms with E-state index < -0.39 is 0 Å². The Bertz CT molecular complexity index is 409. The molecule has 1 heterocycles. The summed E-state index contributed by atoms with van der Waals surface area (Å²) in [6.45, 7) is 5.76. The number of hydrogen-bond donors (Lipinski definition) is 2. The number of para-hydroxylation sites is 1. The second-order valence-corrected chi connectivity index (χ2v) is 5.04. The number of hydrogen-bond acceptors (Lipinski definition) is 2. The minimum absolute atomic E-state index is 0.0203. The minimum atomic E-state index is 0.0203. The van der Waals surface area contributed by atoms with E-state index in [0.29, 0.717) is 10.9 Å². The molecule has 0 saturated carbocycles. The van der Waals surface area contributed by atoms with Crippen LogP contribution in [0.5, 0.6) is 0 Å². The van der Waals surface area contributed by atoms with E-state index in [0.717, 1.165) is 24.3 Å². The fourth-order valence-corrected chi connectivity index (χ4v) is 2.17. The standard InChI is InChI=1S/C13H17ClN2O/c1-8-4-3-5-11(14)12(8)16-13(17)9(2)10-6-15-7-10/h3-5,9-10,15H,6-7H2,1-2H3,(H,16,17). The molecule has 2 rings (SSSR count). The largest absolute Gasteiger partial charge is 0.324 e. The van der Waals surface area contributed by atoms with Crippen LogP contribution in [0.3, 0.4) is 0 Å². The number of amides is 1. The fourth-order valence-electron chi connectivity index (χ4n) is 1.91. The maximum absolute atomic E-state index is 12.1. The molecule has 1 aromatic rings. The van der Waals surface area contributed by atoms with E-state index in [4.69, 9.17) is 11.6 Å². The number of benzene rings is 1. The predicted molar refractivity (Wildman–Crippen MR) is 70.3 cm³/mol. The van der Waals surface area contributed by atoms with Crippen LogP contribution in [0.1, 0.15) is 12.5 Å². The molecule has 1 aliphatic heterocycles. The van der Waals surface area contributed by atoms with Gasteiger partial charge in [0.2, 0.25) is 5.91 Å². The van der Waals surface area contributed by atoms with Crippen LogP contribution in [-0.4, -0.2) is 19.0 Å². The van der Waals surface area contributed by atoms with Crippen molar-refractivity contribution in [3.05, 3.63) is 28.8 Å². The molecule has 0 radical (unpaired) electrons. The molecular weight excluding hydrogens is 236 g/mol. The second-order valence-electron chi connectivity index (χ2n) is 4.63. The first kappa shape index (κ1) is 12.4. The van der Waals surface area contributed by atoms with E-state index in [2.05, 4.69) is 10.6 Å². The predicted octanol–water partition coefficient (Wildman–Crippen LogP) is 2.44. The molecule has 0 spiro atoms. The number of anilines is 1. The van der Waals surface area contributed by atoms with Crippen LogP contribution in [0.15, 0.2) is 18.2 Å². The first-order chi connectivity index (χ1) is 8.09. The van der Waals surface area contributed by atoms with E-state index in [9.17, 15) is 4.79 Å². The monoisotopic (exact) mass is 252 g/mol. The van der Waals surface area contributed by atoms with Crippen molar-refractivity contribution in [2.45, 2.75) is 13.8 Å². The maximum atomic E-state index is 12.1. The van der Waals surface area contributed by atoms with Crippen molar-refractivity contribution in [3.8, 4) is 0 Å². The van der Waals surface area contributed by atoms with Gasteiger partial charge in [-0.15, -0.1) is 0 Å². The number of carbonyl (C=O) groups excluding carboxylic acids is 1. The van der Waals surface area contributed by atoms with E-state index in [1.54, 1.807) is 6.07 Å². The van der Waals surface area contributed by atoms with Crippen molar-refractivity contribution < 1.29 is 4.79 Å². The molecule has 0 aromatic heterocycles. The zero-order valence-corrected chi connectivity index (χ0v) is 10.8. The molecule has 92 valence electrons. The Hall–Kier alpha value is -1.06. The lowest BCUT2D eigenvalue weighted by Gasteiger charge is -2.31. The summed E-state index contributed by atoms with van der Waals surface area (Å²) in [6, 6.07) is 5.61. The molecule has 1 saturated heterocycles. The Kier molecular flexibility index (Phi) is 3.69. The molecule has 2 N–H and O–H groups in total. The average Bonchev–Trinajstić information content (AvgIpc) is 2.21. The molecular formula is C13H17ClN2O. The van der Waals surface area contributed by atoms with Gasteiger partial charge in [-0.05, 0) is 37.6 Å². The van der Waals surface area contributed by atoms with E-state index in [-0.39, 0.29) is 11.8 Å². The van der Waals surface area contributed by atoms with Crippen LogP contribution < -0.4 is 10.6 Å². The Labute approximate surface area is 107 Å². The summed E-state index contributed by atoms with van der Waals surface area (Å²) in [4.78, 5) is 12.1. The molecule has 1 aromatic carbocycles. The van der Waals surface area contributed by atoms with Crippen LogP contribution in [0.4, 0.5) is 5.69 Å². The molecule has 0 bridgehead atoms. The van der Waals surface area contributed by atoms with E-state index in [1.807, 2.05) is 26.0 Å². The highest BCUT2D eigenvalue weighted by Gasteiger charge is 2.29. The second kappa shape index (κ2) is 5.07. The average molecular weight is 253 g/mol. The van der Waals surface area contributed by atoms with Gasteiger partial charge >= 0.3 is 0 Å². The van der Waals surface area contributed by atoms with Gasteiger partial charge in [-0.2, -0.15) is 0 Å². The molecule has 1 atom stereocenters. The summed E-state index contributed by atoms with van der Waals surface area (Å²) in [5.74, 6) is 0.511. The number of nitrogens with one attached hydrogen (secondary N) is 2. The molecule has 17 heavy (non-hydrogen) atoms. The number of aryl methyl sites for hydroxylation is 1. The SMILES string of the molecule is Cc1cccc(Cl)c1NC(=O)C(C)C1CNC1. The third-order valence-corrected chi connectivity index (χ3v) is 3.72. The molecule has 1 aliphatic rings. The molecule has 4 heteroatoms. The Balaban J connectivity index is 2.07. The fraction of sp³-hybridized carbons (Fsp3) is 0.462. The first-order valence-corrected chi connectivity index (χ1v) is 6.24. The van der Waals surface area contributed by atoms with Gasteiger partial charge in [0.05, 0.1) is 10.7 Å². The lowest BCUT2D eigenvalue weighted by Crippen LogP contribution is -2.48. The van der Waals surface area contributed by atoms with Gasteiger partial charge in [0.25, 0.3) is 0 Å². The Morgan fingerprint density at radius 1 is 1.53 bits per heavy atom. The first-order valence-electron chi connectivity index (χ1n) is 5.86. The van der Waals surface area contributed by atoms with Crippen molar-refractivity contribution in [1.29, 1.82) is 0 Å². The third kappa shape index (κ3) is 2.61. The summed E-state index contributed by atoms with van der Waals surface area (Å²) >= 11 is 6.08. The third-order valence-electron chi connectivity index (χ3n) is 3.40. The van der Waals surface area contributed by atoms with Gasteiger partial charge in [-0.3, -0.25) is 4.79 Å². The van der Waals surface area contributed by atoms with Gasteiger partial charge in [-0.1, -0.05) is 30.7 Å². The zero-order chi connectivity index (χ0) is 12.4. The van der Waals surface area contributed by atoms with Gasteiger partial charge < -0.3 is 10.6 Å². The van der Waals surface area contributed by atoms with Crippen LogP contribution in [0.2, 0.25) is 5.02 Å². The Morgan fingerprint density at radius 3 is 2.76 bits per heavy atom. The summed E-state index contributed by atoms with van der Waals surface area (Å²) in [5.41, 5.74) is 1.73. The van der Waals surface area contributed by atoms with E-state index >= 15 is 0 Å². The molecule has 1 fully saturated rings. The summed E-state index contributed by atoms with van der Waals surface area (Å²) in [6.07, 6.45) is 0. The number of rotatable bonds is 3. The maximum Gasteiger partial charge on any atom is 0.227 e. The highest BCUT2D eigenvalue weighted by atomic mass is 35.5. The van der Waals surface area contributed by atoms with Crippen molar-refractivity contribution >= 4 is 23.2 Å². The molecule has 1 amide bonds. The molecule has 3 nitrogen and oxygen atoms in total. The smallest absolute Gasteiger partial charge is 0.227 e. The Morgan fingerprint density at radius 2 is 2.24 bits per heavy atom. The lowest BCUT2D eigenvalue weighted by molar-refractivity contribution is -0.121. The number of halogens is 1. The van der Waals surface area contributed by atoms with E-state index in [1.165, 1.54) is 0 Å². The summed E-state index contributed by atoms with van der Waals surface area (Å²) in [5, 5.41) is 6.70. The summed E-state index contributed by atoms with van der Waals surface area (Å²) < 4.78 is 0. The highest BCUT2D eigenvalue weighted by molar-refractivity contribution is 6.33. The van der Waals surface area contributed by atoms with Crippen LogP contribution in [-0.2, 0) is 4.79 Å². The van der Waals surface area contributed by atoms with Crippen molar-refractivity contribution in [2.24, 2.45) is 11.8 Å². The topological polar surface area (TPSA) is 41.1 Å². The minimum Gasteiger partial charge on any atom is -0.324 e. The van der Waals surface area contributed by atoms with Crippen LogP contribution in [0.25, 0.3) is 0 Å². The van der Waals surface area contributed by atoms with Crippen molar-refractivity contribution in [3.63, 3.8) is 0 Å². The molecule has 0 aliphatic carbocycles. The van der Waals surface area contributed by atoms with Crippen molar-refractivity contribution in [2.75, 3.05) is 18.4 Å². The van der Waals surface area contributed by atoms with Gasteiger partial charge in [0, 0.05) is 5.92 Å². The molecule has 1 unspecified atom stereocenters. The van der Waals surface area contributed by atoms with Crippen LogP contribution in [0, 0.1) is 18.8 Å². The lowest BCUT2D eigenvalue weighted by atomic mass is 9.88.